The summed E-state index contributed by atoms with van der Waals surface area (Å²) in [5.74, 6) is 0. The van der Waals surface area contributed by atoms with Crippen LogP contribution in [0.1, 0.15) is 0 Å². The lowest BCUT2D eigenvalue weighted by Gasteiger charge is -2.19. The van der Waals surface area contributed by atoms with Gasteiger partial charge in [-0.25, -0.2) is 0 Å². The number of rotatable bonds is 4. The summed E-state index contributed by atoms with van der Waals surface area (Å²) in [4.78, 5) is 0. The largest absolute Gasteiger partial charge is 0.421 e. The lowest BCUT2D eigenvalue weighted by Crippen LogP contribution is -2.29. The van der Waals surface area contributed by atoms with Crippen molar-refractivity contribution in [1.29, 1.82) is 0 Å². The average molecular weight is 439 g/mol. The fraction of sp³-hybridized carbons (Fsp3) is 0.600. The Balaban J connectivity index is 5.51. The molecule has 0 aromatic rings. The molecule has 2 unspecified atom stereocenters. The van der Waals surface area contributed by atoms with Crippen molar-refractivity contribution in [2.75, 3.05) is 0 Å². The van der Waals surface area contributed by atoms with E-state index in [0.29, 0.717) is 0 Å². The van der Waals surface area contributed by atoms with Gasteiger partial charge in [-0.2, -0.15) is 52.7 Å². The van der Waals surface area contributed by atoms with E-state index in [1.807, 2.05) is 0 Å². The zero-order valence-corrected chi connectivity index (χ0v) is 12.5. The van der Waals surface area contributed by atoms with E-state index in [2.05, 4.69) is 4.74 Å². The molecule has 0 saturated heterocycles. The van der Waals surface area contributed by atoms with E-state index in [-0.39, 0.29) is 0 Å². The molecule has 0 amide bonds. The summed E-state index contributed by atoms with van der Waals surface area (Å²) in [6.07, 6.45) is -25.5. The second kappa shape index (κ2) is 7.82. The predicted molar refractivity (Wildman–Crippen MR) is 60.8 cm³/mol. The first-order valence-corrected chi connectivity index (χ1v) is 6.29. The van der Waals surface area contributed by atoms with Crippen LogP contribution in [-0.2, 0) is 4.74 Å². The lowest BCUT2D eigenvalue weighted by atomic mass is 10.2. The van der Waals surface area contributed by atoms with Crippen LogP contribution in [0.4, 0.5) is 52.7 Å². The summed E-state index contributed by atoms with van der Waals surface area (Å²) >= 11 is 9.84. The Morgan fingerprint density at radius 2 is 0.760 bits per heavy atom. The zero-order valence-electron chi connectivity index (χ0n) is 11.0. The van der Waals surface area contributed by atoms with Crippen LogP contribution >= 0.6 is 23.2 Å². The Morgan fingerprint density at radius 3 is 0.920 bits per heavy atom. The van der Waals surface area contributed by atoms with Crippen molar-refractivity contribution in [3.8, 4) is 0 Å². The number of alkyl halides is 14. The van der Waals surface area contributed by atoms with Gasteiger partial charge in [0, 0.05) is 0 Å². The van der Waals surface area contributed by atoms with E-state index < -0.39 is 59.1 Å². The summed E-state index contributed by atoms with van der Waals surface area (Å²) in [7, 11) is 0. The van der Waals surface area contributed by atoms with Crippen molar-refractivity contribution in [1.82, 2.24) is 0 Å². The lowest BCUT2D eigenvalue weighted by molar-refractivity contribution is -0.173. The normalized spacial score (nSPS) is 16.2. The molecule has 0 aromatic carbocycles. The molecule has 0 N–H and O–H groups in total. The molecule has 0 aliphatic rings. The summed E-state index contributed by atoms with van der Waals surface area (Å²) in [6, 6.07) is 0. The monoisotopic (exact) mass is 438 g/mol. The molecule has 0 heterocycles. The molecule has 0 fully saturated rings. The van der Waals surface area contributed by atoms with Crippen LogP contribution in [0, 0.1) is 0 Å². The van der Waals surface area contributed by atoms with Crippen molar-refractivity contribution >= 4 is 23.2 Å². The third-order valence-corrected chi connectivity index (χ3v) is 2.53. The van der Waals surface area contributed by atoms with Crippen molar-refractivity contribution in [3.63, 3.8) is 0 Å². The van der Waals surface area contributed by atoms with Gasteiger partial charge in [-0.05, 0) is 12.2 Å². The van der Waals surface area contributed by atoms with Gasteiger partial charge in [-0.1, -0.05) is 23.2 Å². The molecule has 0 radical (unpaired) electrons. The molecule has 15 heteroatoms. The quantitative estimate of drug-likeness (QED) is 0.287. The molecule has 1 nitrogen and oxygen atoms in total. The fourth-order valence-corrected chi connectivity index (χ4v) is 1.69. The SMILES string of the molecule is FC(F)(F)C(=CC(Cl)OC(Cl)C=C(C(F)(F)F)C(F)(F)F)C(F)(F)F. The molecule has 0 aliphatic carbocycles. The number of ether oxygens (including phenoxy) is 1. The topological polar surface area (TPSA) is 9.23 Å². The Bertz CT molecular complexity index is 432. The molecule has 0 aliphatic heterocycles. The molecule has 2 atom stereocenters. The highest BCUT2D eigenvalue weighted by atomic mass is 35.5. The highest BCUT2D eigenvalue weighted by Crippen LogP contribution is 2.41. The van der Waals surface area contributed by atoms with Gasteiger partial charge in [0.25, 0.3) is 0 Å². The van der Waals surface area contributed by atoms with Gasteiger partial charge >= 0.3 is 24.7 Å². The molecule has 0 saturated carbocycles. The first kappa shape index (κ1) is 24.2. The van der Waals surface area contributed by atoms with Crippen molar-refractivity contribution in [2.45, 2.75) is 35.8 Å². The first-order chi connectivity index (χ1) is 10.8. The summed E-state index contributed by atoms with van der Waals surface area (Å²) < 4.78 is 150. The fourth-order valence-electron chi connectivity index (χ4n) is 1.16. The number of hydrogen-bond donors (Lipinski definition) is 0. The van der Waals surface area contributed by atoms with Crippen LogP contribution in [0.25, 0.3) is 0 Å². The molecule has 0 spiro atoms. The minimum atomic E-state index is -5.96. The van der Waals surface area contributed by atoms with E-state index in [9.17, 15) is 52.7 Å². The van der Waals surface area contributed by atoms with Gasteiger partial charge in [-0.15, -0.1) is 0 Å². The van der Waals surface area contributed by atoms with Crippen LogP contribution in [-0.4, -0.2) is 35.8 Å². The van der Waals surface area contributed by atoms with Crippen LogP contribution in [0.15, 0.2) is 23.3 Å². The predicted octanol–water partition coefficient (Wildman–Crippen LogP) is 6.23. The van der Waals surface area contributed by atoms with E-state index in [1.165, 1.54) is 0 Å². The van der Waals surface area contributed by atoms with E-state index in [1.54, 1.807) is 0 Å². The maximum Gasteiger partial charge on any atom is 0.421 e. The van der Waals surface area contributed by atoms with E-state index >= 15 is 0 Å². The van der Waals surface area contributed by atoms with Gasteiger partial charge < -0.3 is 4.74 Å². The second-order valence-corrected chi connectivity index (χ2v) is 4.85. The first-order valence-electron chi connectivity index (χ1n) is 5.42. The summed E-state index contributed by atoms with van der Waals surface area (Å²) in [6.45, 7) is 0. The molecule has 0 rings (SSSR count). The van der Waals surface area contributed by atoms with Crippen molar-refractivity contribution in [2.24, 2.45) is 0 Å². The van der Waals surface area contributed by atoms with Gasteiger partial charge in [-0.3, -0.25) is 0 Å². The zero-order chi connectivity index (χ0) is 20.4. The second-order valence-electron chi connectivity index (χ2n) is 3.99. The third-order valence-electron chi connectivity index (χ3n) is 2.08. The molecule has 0 aromatic heterocycles. The van der Waals surface area contributed by atoms with E-state index in [4.69, 9.17) is 23.2 Å². The van der Waals surface area contributed by atoms with E-state index in [0.717, 1.165) is 0 Å². The maximum absolute atomic E-state index is 12.2. The number of allylic oxidation sites excluding steroid dienone is 2. The molecule has 25 heavy (non-hydrogen) atoms. The maximum atomic E-state index is 12.2. The molecular weight excluding hydrogens is 435 g/mol. The van der Waals surface area contributed by atoms with Gasteiger partial charge in [0.05, 0.1) is 0 Å². The average Bonchev–Trinajstić information content (AvgIpc) is 2.27. The van der Waals surface area contributed by atoms with Gasteiger partial charge in [0.15, 0.2) is 11.1 Å². The van der Waals surface area contributed by atoms with Crippen LogP contribution in [0.5, 0.6) is 0 Å². The molecule has 148 valence electrons. The summed E-state index contributed by atoms with van der Waals surface area (Å²) in [5, 5.41) is 0. The Hall–Kier alpha value is -0.820. The third kappa shape index (κ3) is 8.40. The van der Waals surface area contributed by atoms with Crippen LogP contribution in [0.2, 0.25) is 0 Å². The van der Waals surface area contributed by atoms with Crippen LogP contribution < -0.4 is 0 Å². The highest BCUT2D eigenvalue weighted by molar-refractivity contribution is 6.23. The minimum Gasteiger partial charge on any atom is -0.336 e. The Morgan fingerprint density at radius 1 is 0.560 bits per heavy atom. The number of halogens is 14. The standard InChI is InChI=1S/C10H4Cl2F12O/c11-5(1-3(7(13,14)15)8(16,17)18)25-6(12)2-4(9(19,20)21)10(22,23)24/h1-2,5-6H. The van der Waals surface area contributed by atoms with Gasteiger partial charge in [0.2, 0.25) is 0 Å². The Labute approximate surface area is 140 Å². The smallest absolute Gasteiger partial charge is 0.336 e. The minimum absolute atomic E-state index is 0.800. The highest BCUT2D eigenvalue weighted by Gasteiger charge is 2.52. The Kier molecular flexibility index (Phi) is 7.57. The summed E-state index contributed by atoms with van der Waals surface area (Å²) in [5.41, 5.74) is -11.8. The number of hydrogen-bond acceptors (Lipinski definition) is 1. The van der Waals surface area contributed by atoms with Gasteiger partial charge in [0.1, 0.15) is 11.1 Å². The van der Waals surface area contributed by atoms with Crippen molar-refractivity contribution in [3.05, 3.63) is 23.3 Å². The van der Waals surface area contributed by atoms with Crippen LogP contribution in [0.3, 0.4) is 0 Å². The molecule has 0 bridgehead atoms. The van der Waals surface area contributed by atoms with Crippen molar-refractivity contribution < 1.29 is 57.4 Å². The molecular formula is C10H4Cl2F12O.